The number of fused-ring (bicyclic) bond motifs is 1. The molecule has 0 saturated heterocycles. The van der Waals surface area contributed by atoms with Gasteiger partial charge in [-0.2, -0.15) is 13.2 Å². The van der Waals surface area contributed by atoms with Crippen LogP contribution in [0.5, 0.6) is 5.75 Å². The van der Waals surface area contributed by atoms with Crippen LogP contribution in [0.25, 0.3) is 0 Å². The Kier molecular flexibility index (Phi) is 10.9. The van der Waals surface area contributed by atoms with Gasteiger partial charge in [-0.25, -0.2) is 8.51 Å². The number of para-hydroxylation sites is 1. The number of alkyl halides is 3. The molecule has 0 bridgehead atoms. The number of nitrogen functional groups attached to an aromatic ring is 1. The highest BCUT2D eigenvalue weighted by atomic mass is 32.2. The van der Waals surface area contributed by atoms with E-state index in [9.17, 15) is 22.2 Å². The van der Waals surface area contributed by atoms with Gasteiger partial charge < -0.3 is 21.1 Å². The number of carbonyl (C=O) groups excluding carboxylic acids is 1. The fraction of sp³-hybridized carbons (Fsp3) is 0.368. The van der Waals surface area contributed by atoms with E-state index < -0.39 is 40.1 Å². The number of ether oxygens (including phenoxy) is 1. The van der Waals surface area contributed by atoms with Crippen molar-refractivity contribution in [2.24, 2.45) is 0 Å². The SMILES string of the molecule is CCNc1ccc(C(c2ccc(C)c(CN3C[C@@H](CC)Oc4ccccc4S3=O)c2)C(C)(C)NC(=O)c2cncc(C(F)(F)F)c2)c(C)c1N. The third-order valence-corrected chi connectivity index (χ3v) is 10.7. The number of benzene rings is 3. The van der Waals surface area contributed by atoms with Gasteiger partial charge in [-0.3, -0.25) is 9.78 Å². The van der Waals surface area contributed by atoms with Crippen LogP contribution in [0.2, 0.25) is 0 Å². The van der Waals surface area contributed by atoms with Crippen molar-refractivity contribution in [1.82, 2.24) is 14.6 Å². The summed E-state index contributed by atoms with van der Waals surface area (Å²) in [4.78, 5) is 17.9. The monoisotopic (exact) mass is 707 g/mol. The maximum Gasteiger partial charge on any atom is 0.417 e. The topological polar surface area (TPSA) is 110 Å². The Morgan fingerprint density at radius 2 is 1.82 bits per heavy atom. The molecule has 2 heterocycles. The van der Waals surface area contributed by atoms with Crippen LogP contribution in [0.4, 0.5) is 24.5 Å². The number of hydrogen-bond donors (Lipinski definition) is 3. The molecule has 266 valence electrons. The molecule has 0 spiro atoms. The van der Waals surface area contributed by atoms with Crippen molar-refractivity contribution in [3.8, 4) is 5.75 Å². The van der Waals surface area contributed by atoms with E-state index in [0.717, 1.165) is 52.2 Å². The van der Waals surface area contributed by atoms with Crippen LogP contribution in [-0.2, 0) is 23.7 Å². The summed E-state index contributed by atoms with van der Waals surface area (Å²) in [5.74, 6) is -0.567. The van der Waals surface area contributed by atoms with Crippen LogP contribution >= 0.6 is 0 Å². The van der Waals surface area contributed by atoms with Gasteiger partial charge >= 0.3 is 6.18 Å². The summed E-state index contributed by atoms with van der Waals surface area (Å²) in [6, 6.07) is 18.1. The molecule has 0 fully saturated rings. The number of rotatable bonds is 10. The molecule has 1 aromatic heterocycles. The van der Waals surface area contributed by atoms with Gasteiger partial charge in [-0.15, -0.1) is 0 Å². The summed E-state index contributed by atoms with van der Waals surface area (Å²) in [5.41, 5.74) is 10.2. The Balaban J connectivity index is 1.57. The number of amides is 1. The van der Waals surface area contributed by atoms with E-state index in [2.05, 4.69) is 21.7 Å². The fourth-order valence-corrected chi connectivity index (χ4v) is 7.77. The van der Waals surface area contributed by atoms with Gasteiger partial charge in [0.15, 0.2) is 0 Å². The van der Waals surface area contributed by atoms with Crippen molar-refractivity contribution < 1.29 is 26.9 Å². The lowest BCUT2D eigenvalue weighted by Crippen LogP contribution is -2.48. The first-order chi connectivity index (χ1) is 23.6. The zero-order valence-electron chi connectivity index (χ0n) is 29.1. The average Bonchev–Trinajstić information content (AvgIpc) is 3.21. The Labute approximate surface area is 294 Å². The molecule has 50 heavy (non-hydrogen) atoms. The first-order valence-corrected chi connectivity index (χ1v) is 17.7. The van der Waals surface area contributed by atoms with Gasteiger partial charge in [0, 0.05) is 43.5 Å². The highest BCUT2D eigenvalue weighted by Crippen LogP contribution is 2.41. The van der Waals surface area contributed by atoms with Crippen LogP contribution in [0.15, 0.2) is 78.0 Å². The molecule has 0 saturated carbocycles. The lowest BCUT2D eigenvalue weighted by atomic mass is 9.74. The van der Waals surface area contributed by atoms with Gasteiger partial charge in [0.25, 0.3) is 5.91 Å². The Hall–Kier alpha value is -4.42. The second kappa shape index (κ2) is 14.8. The highest BCUT2D eigenvalue weighted by molar-refractivity contribution is 7.82. The predicted molar refractivity (Wildman–Crippen MR) is 192 cm³/mol. The van der Waals surface area contributed by atoms with Gasteiger partial charge in [-0.1, -0.05) is 43.3 Å². The highest BCUT2D eigenvalue weighted by Gasteiger charge is 2.37. The molecule has 5 rings (SSSR count). The molecule has 3 aromatic carbocycles. The molecule has 1 amide bonds. The van der Waals surface area contributed by atoms with Crippen molar-refractivity contribution >= 4 is 28.3 Å². The molecule has 0 radical (unpaired) electrons. The first-order valence-electron chi connectivity index (χ1n) is 16.6. The van der Waals surface area contributed by atoms with E-state index >= 15 is 0 Å². The van der Waals surface area contributed by atoms with Gasteiger partial charge in [0.1, 0.15) is 22.8 Å². The number of nitrogens with two attached hydrogens (primary N) is 1. The Morgan fingerprint density at radius 3 is 2.52 bits per heavy atom. The molecule has 12 heteroatoms. The van der Waals surface area contributed by atoms with E-state index in [1.165, 1.54) is 0 Å². The summed E-state index contributed by atoms with van der Waals surface area (Å²) in [5, 5.41) is 6.29. The van der Waals surface area contributed by atoms with E-state index in [1.54, 1.807) is 0 Å². The molecule has 4 aromatic rings. The predicted octanol–water partition coefficient (Wildman–Crippen LogP) is 7.77. The Bertz CT molecular complexity index is 1900. The minimum Gasteiger partial charge on any atom is -0.488 e. The van der Waals surface area contributed by atoms with Crippen molar-refractivity contribution in [3.63, 3.8) is 0 Å². The maximum atomic E-state index is 13.9. The van der Waals surface area contributed by atoms with Crippen LogP contribution in [-0.4, -0.2) is 44.1 Å². The van der Waals surface area contributed by atoms with E-state index in [0.29, 0.717) is 42.2 Å². The first kappa shape index (κ1) is 36.9. The smallest absolute Gasteiger partial charge is 0.417 e. The summed E-state index contributed by atoms with van der Waals surface area (Å²) < 4.78 is 62.6. The standard InChI is InChI=1S/C38H44F3N5O3S/c1-7-29-22-46(50(48)33-12-10-9-11-32(33)49-29)21-27-17-25(14-13-23(27)3)34(30-15-16-31(44-8-2)35(42)24(30)4)37(5,6)45-36(47)26-18-28(20-43-19-26)38(39,40)41/h9-20,29,34,44H,7-8,21-22,42H2,1-6H3,(H,45,47)/t29-,34?,50?/m1/s1. The number of aromatic nitrogens is 1. The molecule has 1 aliphatic rings. The molecule has 3 atom stereocenters. The lowest BCUT2D eigenvalue weighted by Gasteiger charge is -2.38. The normalized spacial score (nSPS) is 17.3. The lowest BCUT2D eigenvalue weighted by molar-refractivity contribution is -0.137. The minimum atomic E-state index is -4.65. The van der Waals surface area contributed by atoms with Crippen molar-refractivity contribution in [1.29, 1.82) is 0 Å². The summed E-state index contributed by atoms with van der Waals surface area (Å²) >= 11 is 0. The Morgan fingerprint density at radius 1 is 1.08 bits per heavy atom. The number of carbonyl (C=O) groups is 1. The molecular formula is C38H44F3N5O3S. The van der Waals surface area contributed by atoms with Crippen molar-refractivity contribution in [2.45, 2.75) is 83.1 Å². The zero-order chi connectivity index (χ0) is 36.4. The quantitative estimate of drug-likeness (QED) is 0.145. The van der Waals surface area contributed by atoms with Crippen LogP contribution in [0.1, 0.15) is 83.8 Å². The number of hydrogen-bond acceptors (Lipinski definition) is 6. The van der Waals surface area contributed by atoms with Crippen molar-refractivity contribution in [2.75, 3.05) is 24.1 Å². The average molecular weight is 708 g/mol. The van der Waals surface area contributed by atoms with Crippen LogP contribution in [0, 0.1) is 13.8 Å². The number of anilines is 2. The number of pyridine rings is 1. The van der Waals surface area contributed by atoms with Crippen LogP contribution in [0.3, 0.4) is 0 Å². The van der Waals surface area contributed by atoms with Gasteiger partial charge in [0.2, 0.25) is 0 Å². The third kappa shape index (κ3) is 7.81. The third-order valence-electron chi connectivity index (χ3n) is 9.20. The van der Waals surface area contributed by atoms with E-state index in [-0.39, 0.29) is 11.7 Å². The van der Waals surface area contributed by atoms with Gasteiger partial charge in [0.05, 0.1) is 27.4 Å². The summed E-state index contributed by atoms with van der Waals surface area (Å²) in [7, 11) is -1.48. The largest absolute Gasteiger partial charge is 0.488 e. The van der Waals surface area contributed by atoms with E-state index in [4.69, 9.17) is 10.5 Å². The summed E-state index contributed by atoms with van der Waals surface area (Å²) in [6.07, 6.45) is -2.24. The van der Waals surface area contributed by atoms with Gasteiger partial charge in [-0.05, 0) is 93.1 Å². The molecule has 2 unspecified atom stereocenters. The number of nitrogens with zero attached hydrogens (tertiary/aromatic N) is 2. The zero-order valence-corrected chi connectivity index (χ0v) is 30.0. The number of nitrogens with one attached hydrogen (secondary N) is 2. The summed E-state index contributed by atoms with van der Waals surface area (Å²) in [6.45, 7) is 13.1. The second-order valence-electron chi connectivity index (χ2n) is 13.2. The van der Waals surface area contributed by atoms with Crippen molar-refractivity contribution in [3.05, 3.63) is 112 Å². The second-order valence-corrected chi connectivity index (χ2v) is 14.6. The molecule has 8 nitrogen and oxygen atoms in total. The van der Waals surface area contributed by atoms with Crippen LogP contribution < -0.4 is 21.1 Å². The molecule has 0 aliphatic carbocycles. The van der Waals surface area contributed by atoms with E-state index in [1.807, 2.05) is 94.4 Å². The molecular weight excluding hydrogens is 664 g/mol. The minimum absolute atomic E-state index is 0.154. The number of halogens is 3. The molecule has 1 aliphatic heterocycles. The molecule has 4 N–H and O–H groups in total. The number of aryl methyl sites for hydroxylation is 1. The maximum absolute atomic E-state index is 13.9. The fourth-order valence-electron chi connectivity index (χ4n) is 6.45.